The van der Waals surface area contributed by atoms with Crippen molar-refractivity contribution in [1.82, 2.24) is 0 Å². The topological polar surface area (TPSA) is 41.1 Å². The molecule has 1 atom stereocenters. The van der Waals surface area contributed by atoms with Crippen LogP contribution in [0.1, 0.15) is 33.3 Å². The number of para-hydroxylation sites is 1. The minimum atomic E-state index is -0.170. The van der Waals surface area contributed by atoms with Crippen molar-refractivity contribution >= 4 is 17.3 Å². The van der Waals surface area contributed by atoms with Gasteiger partial charge in [-0.2, -0.15) is 0 Å². The Balaban J connectivity index is 2.53. The Hall–Kier alpha value is -1.51. The van der Waals surface area contributed by atoms with Crippen molar-refractivity contribution in [1.29, 1.82) is 0 Å². The number of amides is 1. The number of fused-ring (bicyclic) bond motifs is 1. The average molecular weight is 218 g/mol. The second kappa shape index (κ2) is 3.51. The Morgan fingerprint density at radius 2 is 1.94 bits per heavy atom. The molecular formula is C13H18N2O. The van der Waals surface area contributed by atoms with E-state index in [0.29, 0.717) is 0 Å². The van der Waals surface area contributed by atoms with Crippen LogP contribution >= 0.6 is 0 Å². The van der Waals surface area contributed by atoms with Gasteiger partial charge in [-0.15, -0.1) is 0 Å². The minimum Gasteiger partial charge on any atom is -0.372 e. The van der Waals surface area contributed by atoms with E-state index in [0.717, 1.165) is 11.4 Å². The summed E-state index contributed by atoms with van der Waals surface area (Å²) in [6, 6.07) is 5.85. The van der Waals surface area contributed by atoms with E-state index in [1.54, 1.807) is 0 Å². The molecule has 16 heavy (non-hydrogen) atoms. The van der Waals surface area contributed by atoms with Crippen molar-refractivity contribution < 1.29 is 4.79 Å². The highest BCUT2D eigenvalue weighted by molar-refractivity contribution is 6.03. The number of carbonyl (C=O) groups excluding carboxylic acids is 1. The minimum absolute atomic E-state index is 0.0264. The van der Waals surface area contributed by atoms with Crippen LogP contribution in [0.3, 0.4) is 0 Å². The van der Waals surface area contributed by atoms with Gasteiger partial charge in [0.1, 0.15) is 6.04 Å². The normalized spacial score (nSPS) is 19.8. The van der Waals surface area contributed by atoms with Gasteiger partial charge in [-0.1, -0.05) is 32.9 Å². The Bertz CT molecular complexity index is 432. The van der Waals surface area contributed by atoms with E-state index in [1.807, 2.05) is 19.1 Å². The summed E-state index contributed by atoms with van der Waals surface area (Å²) in [5, 5.41) is 6.19. The quantitative estimate of drug-likeness (QED) is 0.703. The first-order valence-corrected chi connectivity index (χ1v) is 5.60. The Kier molecular flexibility index (Phi) is 2.41. The van der Waals surface area contributed by atoms with E-state index in [4.69, 9.17) is 0 Å². The van der Waals surface area contributed by atoms with Crippen LogP contribution in [0.25, 0.3) is 0 Å². The number of rotatable bonds is 0. The zero-order valence-electron chi connectivity index (χ0n) is 10.2. The molecule has 0 radical (unpaired) electrons. The van der Waals surface area contributed by atoms with Crippen LogP contribution in [0.15, 0.2) is 18.2 Å². The highest BCUT2D eigenvalue weighted by Crippen LogP contribution is 2.37. The first-order valence-electron chi connectivity index (χ1n) is 5.60. The molecule has 0 fully saturated rings. The fraction of sp³-hybridized carbons (Fsp3) is 0.462. The van der Waals surface area contributed by atoms with Gasteiger partial charge in [0, 0.05) is 0 Å². The fourth-order valence-electron chi connectivity index (χ4n) is 1.96. The molecule has 1 aliphatic heterocycles. The van der Waals surface area contributed by atoms with Crippen LogP contribution in [0.5, 0.6) is 0 Å². The molecule has 2 N–H and O–H groups in total. The van der Waals surface area contributed by atoms with Gasteiger partial charge in [-0.3, -0.25) is 4.79 Å². The van der Waals surface area contributed by atoms with Crippen molar-refractivity contribution in [2.75, 3.05) is 10.6 Å². The van der Waals surface area contributed by atoms with Crippen molar-refractivity contribution in [3.8, 4) is 0 Å². The summed E-state index contributed by atoms with van der Waals surface area (Å²) in [7, 11) is 0. The van der Waals surface area contributed by atoms with Gasteiger partial charge in [0.05, 0.1) is 11.4 Å². The standard InChI is InChI=1S/C13H18N2O/c1-8-12(16)15-10-7-5-6-9(11(10)14-8)13(2,3)4/h5-8,14H,1-4H3,(H,15,16). The first kappa shape index (κ1) is 11.0. The molecule has 0 aromatic heterocycles. The maximum Gasteiger partial charge on any atom is 0.246 e. The molecule has 1 heterocycles. The predicted octanol–water partition coefficient (Wildman–Crippen LogP) is 2.74. The van der Waals surface area contributed by atoms with E-state index >= 15 is 0 Å². The summed E-state index contributed by atoms with van der Waals surface area (Å²) in [5.74, 6) is 0.0264. The number of hydrogen-bond acceptors (Lipinski definition) is 2. The third-order valence-corrected chi connectivity index (χ3v) is 2.88. The van der Waals surface area contributed by atoms with Crippen LogP contribution < -0.4 is 10.6 Å². The highest BCUT2D eigenvalue weighted by atomic mass is 16.2. The van der Waals surface area contributed by atoms with E-state index < -0.39 is 0 Å². The molecule has 0 saturated carbocycles. The van der Waals surface area contributed by atoms with Crippen LogP contribution in [0.2, 0.25) is 0 Å². The molecule has 0 saturated heterocycles. The molecule has 3 heteroatoms. The Morgan fingerprint density at radius 1 is 1.25 bits per heavy atom. The number of carbonyl (C=O) groups is 1. The summed E-state index contributed by atoms with van der Waals surface area (Å²) in [6.07, 6.45) is 0. The van der Waals surface area contributed by atoms with Crippen molar-refractivity contribution in [2.24, 2.45) is 0 Å². The average Bonchev–Trinajstić information content (AvgIpc) is 2.17. The van der Waals surface area contributed by atoms with Gasteiger partial charge in [0.2, 0.25) is 5.91 Å². The maximum atomic E-state index is 11.5. The molecule has 0 spiro atoms. The number of benzene rings is 1. The van der Waals surface area contributed by atoms with Crippen molar-refractivity contribution in [3.63, 3.8) is 0 Å². The summed E-state index contributed by atoms with van der Waals surface area (Å²) in [4.78, 5) is 11.5. The summed E-state index contributed by atoms with van der Waals surface area (Å²) in [6.45, 7) is 8.39. The smallest absolute Gasteiger partial charge is 0.246 e. The zero-order chi connectivity index (χ0) is 11.9. The van der Waals surface area contributed by atoms with Gasteiger partial charge in [0.15, 0.2) is 0 Å². The van der Waals surface area contributed by atoms with Gasteiger partial charge in [0.25, 0.3) is 0 Å². The third kappa shape index (κ3) is 1.77. The molecule has 0 bridgehead atoms. The molecule has 1 aliphatic rings. The summed E-state index contributed by atoms with van der Waals surface area (Å²) < 4.78 is 0. The summed E-state index contributed by atoms with van der Waals surface area (Å²) >= 11 is 0. The van der Waals surface area contributed by atoms with Gasteiger partial charge >= 0.3 is 0 Å². The SMILES string of the molecule is CC1Nc2c(cccc2C(C)(C)C)NC1=O. The number of nitrogens with one attached hydrogen (secondary N) is 2. The largest absolute Gasteiger partial charge is 0.372 e. The first-order chi connectivity index (χ1) is 7.39. The predicted molar refractivity (Wildman–Crippen MR) is 66.9 cm³/mol. The molecule has 3 nitrogen and oxygen atoms in total. The molecule has 0 aliphatic carbocycles. The monoisotopic (exact) mass is 218 g/mol. The lowest BCUT2D eigenvalue weighted by Gasteiger charge is -2.31. The van der Waals surface area contributed by atoms with E-state index in [-0.39, 0.29) is 17.4 Å². The van der Waals surface area contributed by atoms with Crippen LogP contribution in [-0.4, -0.2) is 11.9 Å². The molecule has 1 aromatic carbocycles. The van der Waals surface area contributed by atoms with E-state index in [1.165, 1.54) is 5.56 Å². The summed E-state index contributed by atoms with van der Waals surface area (Å²) in [5.41, 5.74) is 3.25. The van der Waals surface area contributed by atoms with Gasteiger partial charge in [-0.05, 0) is 24.0 Å². The second-order valence-corrected chi connectivity index (χ2v) is 5.33. The Morgan fingerprint density at radius 3 is 2.56 bits per heavy atom. The molecule has 2 rings (SSSR count). The van der Waals surface area contributed by atoms with Crippen LogP contribution in [-0.2, 0) is 10.2 Å². The highest BCUT2D eigenvalue weighted by Gasteiger charge is 2.27. The maximum absolute atomic E-state index is 11.5. The van der Waals surface area contributed by atoms with Crippen LogP contribution in [0.4, 0.5) is 11.4 Å². The lowest BCUT2D eigenvalue weighted by molar-refractivity contribution is -0.116. The van der Waals surface area contributed by atoms with Gasteiger partial charge in [-0.25, -0.2) is 0 Å². The second-order valence-electron chi connectivity index (χ2n) is 5.33. The molecule has 1 amide bonds. The lowest BCUT2D eigenvalue weighted by Crippen LogP contribution is -2.37. The molecule has 86 valence electrons. The number of hydrogen-bond donors (Lipinski definition) is 2. The number of anilines is 2. The van der Waals surface area contributed by atoms with Crippen molar-refractivity contribution in [3.05, 3.63) is 23.8 Å². The van der Waals surface area contributed by atoms with Crippen molar-refractivity contribution in [2.45, 2.75) is 39.2 Å². The molecular weight excluding hydrogens is 200 g/mol. The van der Waals surface area contributed by atoms with E-state index in [2.05, 4.69) is 37.5 Å². The third-order valence-electron chi connectivity index (χ3n) is 2.88. The zero-order valence-corrected chi connectivity index (χ0v) is 10.2. The van der Waals surface area contributed by atoms with Gasteiger partial charge < -0.3 is 10.6 Å². The van der Waals surface area contributed by atoms with Crippen LogP contribution in [0, 0.1) is 0 Å². The lowest BCUT2D eigenvalue weighted by atomic mass is 9.84. The fourth-order valence-corrected chi connectivity index (χ4v) is 1.96. The molecule has 1 unspecified atom stereocenters. The Labute approximate surface area is 96.2 Å². The van der Waals surface area contributed by atoms with E-state index in [9.17, 15) is 4.79 Å². The molecule has 1 aromatic rings.